The molecule has 0 unspecified atom stereocenters. The first kappa shape index (κ1) is 13.8. The number of ether oxygens (including phenoxy) is 1. The Morgan fingerprint density at radius 3 is 2.55 bits per heavy atom. The quantitative estimate of drug-likeness (QED) is 0.847. The molecular weight excluding hydrogens is 256 g/mol. The Hall–Kier alpha value is -2.62. The molecule has 4 heteroatoms. The highest BCUT2D eigenvalue weighted by Crippen LogP contribution is 2.17. The summed E-state index contributed by atoms with van der Waals surface area (Å²) in [6.07, 6.45) is 0. The number of Topliss-reactive ketones (excluding diaryl/α,β-unsaturated/α-hetero) is 1. The Kier molecular flexibility index (Phi) is 4.15. The van der Waals surface area contributed by atoms with Gasteiger partial charge in [-0.25, -0.2) is 4.79 Å². The largest absolute Gasteiger partial charge is 0.489 e. The zero-order valence-electron chi connectivity index (χ0n) is 11.0. The van der Waals surface area contributed by atoms with E-state index in [4.69, 9.17) is 9.84 Å². The molecule has 0 saturated heterocycles. The summed E-state index contributed by atoms with van der Waals surface area (Å²) >= 11 is 0. The summed E-state index contributed by atoms with van der Waals surface area (Å²) in [4.78, 5) is 22.4. The molecule has 2 aromatic carbocycles. The van der Waals surface area contributed by atoms with E-state index < -0.39 is 5.97 Å². The minimum Gasteiger partial charge on any atom is -0.489 e. The molecule has 0 aliphatic rings. The van der Waals surface area contributed by atoms with Gasteiger partial charge in [0.15, 0.2) is 5.78 Å². The number of benzene rings is 2. The lowest BCUT2D eigenvalue weighted by atomic mass is 10.1. The molecule has 0 spiro atoms. The molecule has 0 bridgehead atoms. The third kappa shape index (κ3) is 3.23. The fourth-order valence-electron chi connectivity index (χ4n) is 1.82. The van der Waals surface area contributed by atoms with E-state index in [1.807, 2.05) is 0 Å². The van der Waals surface area contributed by atoms with Crippen LogP contribution in [0.15, 0.2) is 48.5 Å². The fraction of sp³-hybridized carbons (Fsp3) is 0.125. The summed E-state index contributed by atoms with van der Waals surface area (Å²) in [5, 5.41) is 9.08. The van der Waals surface area contributed by atoms with Gasteiger partial charge in [-0.3, -0.25) is 4.79 Å². The first-order valence-corrected chi connectivity index (χ1v) is 6.13. The van der Waals surface area contributed by atoms with Crippen molar-refractivity contribution in [2.24, 2.45) is 0 Å². The van der Waals surface area contributed by atoms with Gasteiger partial charge in [-0.05, 0) is 25.1 Å². The van der Waals surface area contributed by atoms with Crippen molar-refractivity contribution in [1.29, 1.82) is 0 Å². The zero-order valence-corrected chi connectivity index (χ0v) is 11.0. The highest BCUT2D eigenvalue weighted by atomic mass is 16.5. The molecule has 102 valence electrons. The summed E-state index contributed by atoms with van der Waals surface area (Å²) in [6, 6.07) is 13.5. The number of hydrogen-bond acceptors (Lipinski definition) is 3. The maximum atomic E-state index is 11.3. The number of ketones is 1. The van der Waals surface area contributed by atoms with E-state index in [0.717, 1.165) is 0 Å². The van der Waals surface area contributed by atoms with Crippen LogP contribution in [0, 0.1) is 0 Å². The minimum atomic E-state index is -0.985. The maximum Gasteiger partial charge on any atom is 0.336 e. The average molecular weight is 270 g/mol. The average Bonchev–Trinajstić information content (AvgIpc) is 2.45. The van der Waals surface area contributed by atoms with Crippen LogP contribution in [0.4, 0.5) is 0 Å². The molecule has 0 saturated carbocycles. The highest BCUT2D eigenvalue weighted by molar-refractivity contribution is 5.94. The van der Waals surface area contributed by atoms with E-state index in [1.54, 1.807) is 42.5 Å². The lowest BCUT2D eigenvalue weighted by Crippen LogP contribution is -2.05. The Bertz CT molecular complexity index is 646. The van der Waals surface area contributed by atoms with E-state index in [2.05, 4.69) is 0 Å². The Labute approximate surface area is 116 Å². The second-order valence-corrected chi connectivity index (χ2v) is 4.33. The Morgan fingerprint density at radius 1 is 1.10 bits per heavy atom. The van der Waals surface area contributed by atoms with Gasteiger partial charge in [-0.2, -0.15) is 0 Å². The second kappa shape index (κ2) is 6.02. The van der Waals surface area contributed by atoms with Crippen LogP contribution in [0.3, 0.4) is 0 Å². The van der Waals surface area contributed by atoms with Gasteiger partial charge in [0, 0.05) is 11.1 Å². The van der Waals surface area contributed by atoms with Crippen LogP contribution in [0.2, 0.25) is 0 Å². The Balaban J connectivity index is 2.15. The first-order valence-electron chi connectivity index (χ1n) is 6.13. The van der Waals surface area contributed by atoms with E-state index in [9.17, 15) is 9.59 Å². The molecule has 0 aliphatic heterocycles. The standard InChI is InChI=1S/C16H14O4/c1-11(17)12-6-4-7-14(9-12)20-10-13-5-2-3-8-15(13)16(18)19/h2-9H,10H2,1H3,(H,18,19). The predicted octanol–water partition coefficient (Wildman–Crippen LogP) is 3.17. The topological polar surface area (TPSA) is 63.6 Å². The highest BCUT2D eigenvalue weighted by Gasteiger charge is 2.09. The summed E-state index contributed by atoms with van der Waals surface area (Å²) in [5.74, 6) is -0.485. The smallest absolute Gasteiger partial charge is 0.336 e. The van der Waals surface area contributed by atoms with Crippen molar-refractivity contribution in [1.82, 2.24) is 0 Å². The van der Waals surface area contributed by atoms with Crippen LogP contribution in [0.5, 0.6) is 5.75 Å². The van der Waals surface area contributed by atoms with Gasteiger partial charge in [0.05, 0.1) is 5.56 Å². The van der Waals surface area contributed by atoms with Crippen molar-refractivity contribution >= 4 is 11.8 Å². The normalized spacial score (nSPS) is 10.1. The Morgan fingerprint density at radius 2 is 1.85 bits per heavy atom. The zero-order chi connectivity index (χ0) is 14.5. The summed E-state index contributed by atoms with van der Waals surface area (Å²) in [5.41, 5.74) is 1.37. The molecule has 0 aromatic heterocycles. The number of carboxylic acid groups (broad SMARTS) is 1. The molecule has 0 heterocycles. The van der Waals surface area contributed by atoms with Crippen LogP contribution >= 0.6 is 0 Å². The van der Waals surface area contributed by atoms with E-state index in [0.29, 0.717) is 16.9 Å². The number of hydrogen-bond donors (Lipinski definition) is 1. The molecule has 0 aliphatic carbocycles. The molecule has 2 aromatic rings. The molecule has 20 heavy (non-hydrogen) atoms. The third-order valence-electron chi connectivity index (χ3n) is 2.88. The molecule has 0 amide bonds. The molecule has 2 rings (SSSR count). The number of aromatic carboxylic acids is 1. The van der Waals surface area contributed by atoms with Gasteiger partial charge >= 0.3 is 5.97 Å². The van der Waals surface area contributed by atoms with E-state index in [-0.39, 0.29) is 18.0 Å². The van der Waals surface area contributed by atoms with Crippen LogP contribution in [0.25, 0.3) is 0 Å². The number of rotatable bonds is 5. The summed E-state index contributed by atoms with van der Waals surface area (Å²) in [7, 11) is 0. The number of carboxylic acids is 1. The van der Waals surface area contributed by atoms with Gasteiger partial charge in [0.2, 0.25) is 0 Å². The van der Waals surface area contributed by atoms with Crippen LogP contribution in [-0.4, -0.2) is 16.9 Å². The second-order valence-electron chi connectivity index (χ2n) is 4.33. The number of carbonyl (C=O) groups is 2. The molecule has 0 fully saturated rings. The SMILES string of the molecule is CC(=O)c1cccc(OCc2ccccc2C(=O)O)c1. The molecular formula is C16H14O4. The summed E-state index contributed by atoms with van der Waals surface area (Å²) in [6.45, 7) is 1.63. The van der Waals surface area contributed by atoms with Crippen LogP contribution in [-0.2, 0) is 6.61 Å². The first-order chi connectivity index (χ1) is 9.58. The van der Waals surface area contributed by atoms with E-state index >= 15 is 0 Å². The van der Waals surface area contributed by atoms with Crippen molar-refractivity contribution in [3.63, 3.8) is 0 Å². The van der Waals surface area contributed by atoms with Crippen molar-refractivity contribution in [2.45, 2.75) is 13.5 Å². The molecule has 4 nitrogen and oxygen atoms in total. The van der Waals surface area contributed by atoms with Gasteiger partial charge in [0.1, 0.15) is 12.4 Å². The lowest BCUT2D eigenvalue weighted by molar-refractivity contribution is 0.0693. The van der Waals surface area contributed by atoms with E-state index in [1.165, 1.54) is 13.0 Å². The van der Waals surface area contributed by atoms with Crippen molar-refractivity contribution in [2.75, 3.05) is 0 Å². The molecule has 1 N–H and O–H groups in total. The minimum absolute atomic E-state index is 0.0404. The fourth-order valence-corrected chi connectivity index (χ4v) is 1.82. The monoisotopic (exact) mass is 270 g/mol. The summed E-state index contributed by atoms with van der Waals surface area (Å²) < 4.78 is 5.56. The maximum absolute atomic E-state index is 11.3. The van der Waals surface area contributed by atoms with Crippen molar-refractivity contribution < 1.29 is 19.4 Å². The van der Waals surface area contributed by atoms with Crippen LogP contribution in [0.1, 0.15) is 33.2 Å². The molecule has 0 radical (unpaired) electrons. The van der Waals surface area contributed by atoms with Crippen molar-refractivity contribution in [3.05, 3.63) is 65.2 Å². The number of carbonyl (C=O) groups excluding carboxylic acids is 1. The molecule has 0 atom stereocenters. The van der Waals surface area contributed by atoms with Gasteiger partial charge < -0.3 is 9.84 Å². The van der Waals surface area contributed by atoms with Gasteiger partial charge in [-0.1, -0.05) is 30.3 Å². The third-order valence-corrected chi connectivity index (χ3v) is 2.88. The predicted molar refractivity (Wildman–Crippen MR) is 74.2 cm³/mol. The van der Waals surface area contributed by atoms with Crippen molar-refractivity contribution in [3.8, 4) is 5.75 Å². The van der Waals surface area contributed by atoms with Gasteiger partial charge in [-0.15, -0.1) is 0 Å². The van der Waals surface area contributed by atoms with Gasteiger partial charge in [0.25, 0.3) is 0 Å². The van der Waals surface area contributed by atoms with Crippen LogP contribution < -0.4 is 4.74 Å². The lowest BCUT2D eigenvalue weighted by Gasteiger charge is -2.09.